The number of likely N-dealkylation sites (tertiary alicyclic amines) is 2. The zero-order valence-electron chi connectivity index (χ0n) is 37.7. The molecule has 3 aromatic carbocycles. The summed E-state index contributed by atoms with van der Waals surface area (Å²) in [5.74, 6) is -1.57. The number of hydrogen-bond donors (Lipinski definition) is 4. The summed E-state index contributed by atoms with van der Waals surface area (Å²) >= 11 is 0. The van der Waals surface area contributed by atoms with Crippen LogP contribution in [0.3, 0.4) is 0 Å². The van der Waals surface area contributed by atoms with Gasteiger partial charge < -0.3 is 49.5 Å². The van der Waals surface area contributed by atoms with E-state index < -0.39 is 41.7 Å². The fraction of sp³-hybridized carbons (Fsp3) is 0.489. The molecule has 346 valence electrons. The van der Waals surface area contributed by atoms with Crippen LogP contribution in [0.5, 0.6) is 5.75 Å². The highest BCUT2D eigenvalue weighted by Gasteiger charge is 2.41. The molecule has 8 rings (SSSR count). The van der Waals surface area contributed by atoms with Crippen LogP contribution in [0.25, 0.3) is 22.1 Å². The number of hydrogen-bond acceptors (Lipinski definition) is 10. The van der Waals surface area contributed by atoms with Crippen molar-refractivity contribution >= 4 is 51.8 Å². The van der Waals surface area contributed by atoms with Gasteiger partial charge in [-0.1, -0.05) is 39.8 Å². The van der Waals surface area contributed by atoms with Gasteiger partial charge in [-0.2, -0.15) is 0 Å². The molecule has 3 fully saturated rings. The number of fused-ring (bicyclic) bond motifs is 2. The summed E-state index contributed by atoms with van der Waals surface area (Å²) in [6.45, 7) is 8.52. The molecule has 0 unspecified atom stereocenters. The van der Waals surface area contributed by atoms with Crippen LogP contribution in [0, 0.1) is 23.5 Å². The number of rotatable bonds is 12. The first kappa shape index (κ1) is 45.1. The molecule has 0 saturated carbocycles. The molecule has 5 heterocycles. The Balaban J connectivity index is 1.10. The van der Waals surface area contributed by atoms with Crippen molar-refractivity contribution in [3.63, 3.8) is 0 Å². The number of nitrogens with zero attached hydrogens (tertiary/aromatic N) is 5. The van der Waals surface area contributed by atoms with E-state index in [1.807, 2.05) is 64.1 Å². The third-order valence-electron chi connectivity index (χ3n) is 13.2. The van der Waals surface area contributed by atoms with Gasteiger partial charge >= 0.3 is 12.2 Å². The molecular weight excluding hydrogens is 841 g/mol. The number of methoxy groups -OCH3 is 3. The minimum atomic E-state index is -0.816. The van der Waals surface area contributed by atoms with E-state index in [4.69, 9.17) is 24.2 Å². The molecule has 0 spiro atoms. The molecule has 0 bridgehead atoms. The first-order chi connectivity index (χ1) is 31.2. The number of anilines is 1. The molecule has 18 heteroatoms. The third-order valence-corrected chi connectivity index (χ3v) is 13.2. The summed E-state index contributed by atoms with van der Waals surface area (Å²) < 4.78 is 45.7. The summed E-state index contributed by atoms with van der Waals surface area (Å²) in [5.41, 5.74) is 5.10. The molecule has 2 aromatic heterocycles. The molecule has 0 radical (unpaired) electrons. The van der Waals surface area contributed by atoms with Crippen LogP contribution < -0.4 is 20.3 Å². The van der Waals surface area contributed by atoms with Gasteiger partial charge in [0.15, 0.2) is 17.4 Å². The lowest BCUT2D eigenvalue weighted by molar-refractivity contribution is -0.136. The van der Waals surface area contributed by atoms with Gasteiger partial charge in [0.1, 0.15) is 23.7 Å². The fourth-order valence-corrected chi connectivity index (χ4v) is 9.93. The average molecular weight is 898 g/mol. The number of carbonyl (C=O) groups excluding carboxylic acids is 4. The average Bonchev–Trinajstić information content (AvgIpc) is 4.14. The van der Waals surface area contributed by atoms with Gasteiger partial charge in [0.2, 0.25) is 11.8 Å². The van der Waals surface area contributed by atoms with E-state index in [1.165, 1.54) is 33.5 Å². The normalized spacial score (nSPS) is 20.8. The van der Waals surface area contributed by atoms with Crippen LogP contribution in [0.15, 0.2) is 48.5 Å². The van der Waals surface area contributed by atoms with Gasteiger partial charge in [0.05, 0.1) is 67.6 Å². The zero-order chi connectivity index (χ0) is 46.3. The van der Waals surface area contributed by atoms with Crippen LogP contribution in [-0.4, -0.2) is 100 Å². The summed E-state index contributed by atoms with van der Waals surface area (Å²) in [6, 6.07) is 11.7. The standard InChI is InChI=1S/C47H57F2N9O7/c1-24(2)39(54-46(61)64-6)44(59)56-18-8-10-37(56)42-50-31-14-12-26(20-33(31)52-42)35-16-17-36(58(35)28-22-29(48)41(63-5)30(49)23-28)27-13-15-32-34(21-27)53-43(51-32)38-11-9-19-57(38)45(60)40(25(3)4)55-47(62)65-7/h12-15,20-25,35-40H,8-11,16-19H2,1-7H3,(H,50,52)(H,51,53)(H,54,61)(H,55,62)/t35-,36-,37+,38+,39+,40+/m1/s1. The molecule has 3 aliphatic heterocycles. The van der Waals surface area contributed by atoms with Crippen LogP contribution in [0.4, 0.5) is 24.1 Å². The van der Waals surface area contributed by atoms with E-state index in [-0.39, 0.29) is 47.8 Å². The van der Waals surface area contributed by atoms with Crippen molar-refractivity contribution in [2.24, 2.45) is 11.8 Å². The Labute approximate surface area is 375 Å². The molecular formula is C47H57F2N9O7. The molecule has 4 amide bonds. The Morgan fingerprint density at radius 1 is 0.646 bits per heavy atom. The first-order valence-corrected chi connectivity index (χ1v) is 22.3. The fourth-order valence-electron chi connectivity index (χ4n) is 9.93. The second-order valence-electron chi connectivity index (χ2n) is 17.9. The minimum Gasteiger partial charge on any atom is -0.491 e. The highest BCUT2D eigenvalue weighted by atomic mass is 19.1. The number of amides is 4. The van der Waals surface area contributed by atoms with Gasteiger partial charge in [-0.05, 0) is 85.8 Å². The van der Waals surface area contributed by atoms with Crippen molar-refractivity contribution in [1.82, 2.24) is 40.4 Å². The Hall–Kier alpha value is -6.46. The van der Waals surface area contributed by atoms with Crippen LogP contribution >= 0.6 is 0 Å². The monoisotopic (exact) mass is 897 g/mol. The number of aromatic amines is 2. The van der Waals surface area contributed by atoms with Gasteiger partial charge in [-0.25, -0.2) is 28.3 Å². The van der Waals surface area contributed by atoms with Crippen molar-refractivity contribution < 1.29 is 42.2 Å². The smallest absolute Gasteiger partial charge is 0.407 e. The van der Waals surface area contributed by atoms with E-state index in [0.29, 0.717) is 67.1 Å². The Morgan fingerprint density at radius 2 is 1.08 bits per heavy atom. The van der Waals surface area contributed by atoms with Gasteiger partial charge in [-0.3, -0.25) is 9.59 Å². The third kappa shape index (κ3) is 8.74. The molecule has 3 saturated heterocycles. The van der Waals surface area contributed by atoms with Gasteiger partial charge in [-0.15, -0.1) is 0 Å². The minimum absolute atomic E-state index is 0.173. The van der Waals surface area contributed by atoms with Crippen molar-refractivity contribution in [1.29, 1.82) is 0 Å². The molecule has 4 N–H and O–H groups in total. The quantitative estimate of drug-likeness (QED) is 0.0959. The lowest BCUT2D eigenvalue weighted by atomic mass is 10.0. The maximum atomic E-state index is 15.5. The zero-order valence-corrected chi connectivity index (χ0v) is 37.7. The number of carbonyl (C=O) groups is 4. The van der Waals surface area contributed by atoms with Crippen molar-refractivity contribution in [2.75, 3.05) is 39.3 Å². The number of H-pyrrole nitrogens is 2. The first-order valence-electron chi connectivity index (χ1n) is 22.3. The van der Waals surface area contributed by atoms with E-state index in [2.05, 4.69) is 25.5 Å². The van der Waals surface area contributed by atoms with E-state index in [1.54, 1.807) is 9.80 Å². The topological polar surface area (TPSA) is 187 Å². The summed E-state index contributed by atoms with van der Waals surface area (Å²) in [5, 5.41) is 5.38. The molecule has 0 aliphatic carbocycles. The molecule has 6 atom stereocenters. The number of alkyl carbamates (subject to hydrolysis) is 2. The molecule has 5 aromatic rings. The van der Waals surface area contributed by atoms with Gasteiger partial charge in [0, 0.05) is 30.9 Å². The van der Waals surface area contributed by atoms with Crippen molar-refractivity contribution in [3.8, 4) is 5.75 Å². The maximum absolute atomic E-state index is 15.5. The number of nitrogens with one attached hydrogen (secondary N) is 4. The number of benzene rings is 3. The van der Waals surface area contributed by atoms with Crippen LogP contribution in [-0.2, 0) is 19.1 Å². The van der Waals surface area contributed by atoms with Crippen molar-refractivity contribution in [3.05, 3.63) is 82.9 Å². The van der Waals surface area contributed by atoms with E-state index >= 15 is 8.78 Å². The van der Waals surface area contributed by atoms with Crippen LogP contribution in [0.2, 0.25) is 0 Å². The summed E-state index contributed by atoms with van der Waals surface area (Å²) in [4.78, 5) is 74.3. The predicted molar refractivity (Wildman–Crippen MR) is 238 cm³/mol. The Kier molecular flexibility index (Phi) is 12.9. The number of ether oxygens (including phenoxy) is 3. The lowest BCUT2D eigenvalue weighted by Gasteiger charge is -2.33. The lowest BCUT2D eigenvalue weighted by Crippen LogP contribution is -2.51. The number of halogens is 2. The highest BCUT2D eigenvalue weighted by Crippen LogP contribution is 2.49. The molecule has 3 aliphatic rings. The number of aromatic nitrogens is 4. The second kappa shape index (κ2) is 18.6. The number of imidazole rings is 2. The van der Waals surface area contributed by atoms with E-state index in [0.717, 1.165) is 35.0 Å². The largest absolute Gasteiger partial charge is 0.491 e. The Bertz CT molecular complexity index is 2430. The Morgan fingerprint density at radius 3 is 1.46 bits per heavy atom. The second-order valence-corrected chi connectivity index (χ2v) is 17.9. The summed E-state index contributed by atoms with van der Waals surface area (Å²) in [7, 11) is 3.76. The maximum Gasteiger partial charge on any atom is 0.407 e. The molecule has 16 nitrogen and oxygen atoms in total. The highest BCUT2D eigenvalue weighted by molar-refractivity contribution is 5.87. The molecule has 65 heavy (non-hydrogen) atoms. The summed E-state index contributed by atoms with van der Waals surface area (Å²) in [6.07, 6.45) is 2.91. The van der Waals surface area contributed by atoms with Crippen LogP contribution in [0.1, 0.15) is 113 Å². The van der Waals surface area contributed by atoms with Gasteiger partial charge in [0.25, 0.3) is 0 Å². The van der Waals surface area contributed by atoms with Crippen molar-refractivity contribution in [2.45, 2.75) is 102 Å². The predicted octanol–water partition coefficient (Wildman–Crippen LogP) is 7.90. The SMILES string of the molecule is COC(=O)N[C@H](C(=O)N1CCC[C@H]1c1nc2ccc([C@H]3CC[C@H](c4ccc5nc([C@@H]6CCCN6C(=O)[C@@H](NC(=O)OC)C(C)C)[nH]c5c4)N3c3cc(F)c(OC)c(F)c3)cc2[nH]1)C(C)C. The van der Waals surface area contributed by atoms with E-state index in [9.17, 15) is 19.2 Å².